The molecule has 0 saturated carbocycles. The summed E-state index contributed by atoms with van der Waals surface area (Å²) in [4.78, 5) is 14.1. The smallest absolute Gasteiger partial charge is 0.124 e. The van der Waals surface area contributed by atoms with E-state index in [1.807, 2.05) is 25.1 Å². The highest BCUT2D eigenvalue weighted by atomic mass is 19.1. The number of aromatic nitrogens is 2. The first-order valence-corrected chi connectivity index (χ1v) is 12.7. The van der Waals surface area contributed by atoms with Crippen molar-refractivity contribution in [3.05, 3.63) is 72.2 Å². The average Bonchev–Trinajstić information content (AvgIpc) is 2.96. The van der Waals surface area contributed by atoms with Crippen molar-refractivity contribution in [2.24, 2.45) is 0 Å². The number of fused-ring (bicyclic) bond motifs is 1. The molecule has 0 unspecified atom stereocenters. The summed E-state index contributed by atoms with van der Waals surface area (Å²) in [5.41, 5.74) is 7.23. The number of hydrogen-bond acceptors (Lipinski definition) is 7. The third-order valence-corrected chi connectivity index (χ3v) is 7.07. The van der Waals surface area contributed by atoms with Gasteiger partial charge in [0.25, 0.3) is 0 Å². The molecule has 4 heterocycles. The lowest BCUT2D eigenvalue weighted by Crippen LogP contribution is -2.37. The lowest BCUT2D eigenvalue weighted by atomic mass is 10.0. The fourth-order valence-corrected chi connectivity index (χ4v) is 5.10. The molecular formula is C29H30FN5O2. The summed E-state index contributed by atoms with van der Waals surface area (Å²) >= 11 is 0. The van der Waals surface area contributed by atoms with Crippen molar-refractivity contribution in [2.75, 3.05) is 67.7 Å². The van der Waals surface area contributed by atoms with Crippen molar-refractivity contribution in [2.45, 2.75) is 6.92 Å². The predicted molar refractivity (Wildman–Crippen MR) is 145 cm³/mol. The molecule has 7 nitrogen and oxygen atoms in total. The zero-order valence-electron chi connectivity index (χ0n) is 20.9. The van der Waals surface area contributed by atoms with E-state index in [0.717, 1.165) is 84.5 Å². The van der Waals surface area contributed by atoms with E-state index >= 15 is 0 Å². The second kappa shape index (κ2) is 10.3. The number of ether oxygens (including phenoxy) is 2. The van der Waals surface area contributed by atoms with Gasteiger partial charge in [0.2, 0.25) is 0 Å². The molecule has 0 bridgehead atoms. The van der Waals surface area contributed by atoms with Gasteiger partial charge in [0, 0.05) is 49.0 Å². The van der Waals surface area contributed by atoms with Crippen LogP contribution in [0.3, 0.4) is 0 Å². The minimum absolute atomic E-state index is 0.294. The van der Waals surface area contributed by atoms with E-state index in [1.54, 1.807) is 18.3 Å². The molecular weight excluding hydrogens is 469 g/mol. The van der Waals surface area contributed by atoms with Crippen LogP contribution in [0.2, 0.25) is 0 Å². The summed E-state index contributed by atoms with van der Waals surface area (Å²) in [6.07, 6.45) is 1.76. The third-order valence-electron chi connectivity index (χ3n) is 7.07. The van der Waals surface area contributed by atoms with Crippen LogP contribution in [0.25, 0.3) is 22.3 Å². The second-order valence-corrected chi connectivity index (χ2v) is 9.36. The number of rotatable bonds is 5. The summed E-state index contributed by atoms with van der Waals surface area (Å²) < 4.78 is 25.7. The zero-order chi connectivity index (χ0) is 25.2. The quantitative estimate of drug-likeness (QED) is 0.407. The Morgan fingerprint density at radius 1 is 0.865 bits per heavy atom. The summed E-state index contributed by atoms with van der Waals surface area (Å²) in [5.74, 6) is -0.294. The van der Waals surface area contributed by atoms with Crippen molar-refractivity contribution < 1.29 is 13.9 Å². The van der Waals surface area contributed by atoms with Crippen LogP contribution in [0.4, 0.5) is 27.1 Å². The highest BCUT2D eigenvalue weighted by molar-refractivity contribution is 5.99. The van der Waals surface area contributed by atoms with E-state index in [9.17, 15) is 4.39 Å². The molecule has 2 aliphatic rings. The van der Waals surface area contributed by atoms with Crippen LogP contribution >= 0.6 is 0 Å². The van der Waals surface area contributed by atoms with Crippen LogP contribution in [-0.4, -0.2) is 62.6 Å². The SMILES string of the molecule is Cc1c(-c2ccccn2)nc2ccc(F)cc2c1Nc1cc(N2CCOCC2)ccc1N1CCOCC1. The second-order valence-electron chi connectivity index (χ2n) is 9.36. The van der Waals surface area contributed by atoms with E-state index in [-0.39, 0.29) is 5.82 Å². The Hall–Kier alpha value is -3.75. The van der Waals surface area contributed by atoms with Gasteiger partial charge in [0.1, 0.15) is 5.82 Å². The fourth-order valence-electron chi connectivity index (χ4n) is 5.10. The lowest BCUT2D eigenvalue weighted by Gasteiger charge is -2.33. The normalized spacial score (nSPS) is 16.3. The molecule has 0 atom stereocenters. The third kappa shape index (κ3) is 4.82. The maximum Gasteiger partial charge on any atom is 0.124 e. The average molecular weight is 500 g/mol. The molecule has 190 valence electrons. The Morgan fingerprint density at radius 2 is 1.62 bits per heavy atom. The van der Waals surface area contributed by atoms with Gasteiger partial charge in [-0.15, -0.1) is 0 Å². The lowest BCUT2D eigenvalue weighted by molar-refractivity contribution is 0.122. The molecule has 4 aromatic rings. The summed E-state index contributed by atoms with van der Waals surface area (Å²) in [7, 11) is 0. The number of halogens is 1. The van der Waals surface area contributed by atoms with E-state index in [2.05, 4.69) is 38.3 Å². The topological polar surface area (TPSA) is 62.8 Å². The number of morpholine rings is 2. The maximum atomic E-state index is 14.5. The minimum Gasteiger partial charge on any atom is -0.378 e. The highest BCUT2D eigenvalue weighted by Gasteiger charge is 2.21. The molecule has 37 heavy (non-hydrogen) atoms. The molecule has 2 aromatic heterocycles. The van der Waals surface area contributed by atoms with Gasteiger partial charge in [-0.1, -0.05) is 6.07 Å². The standard InChI is InChI=1S/C29H30FN5O2/c1-20-28(23-18-21(30)5-7-24(23)32-29(20)25-4-2-3-9-31-25)33-26-19-22(34-10-14-36-15-11-34)6-8-27(26)35-12-16-37-17-13-35/h2-9,18-19H,10-17H2,1H3,(H,32,33). The Bertz CT molecular complexity index is 1400. The van der Waals surface area contributed by atoms with E-state index in [4.69, 9.17) is 14.5 Å². The van der Waals surface area contributed by atoms with Gasteiger partial charge < -0.3 is 24.6 Å². The summed E-state index contributed by atoms with van der Waals surface area (Å²) in [5, 5.41) is 4.46. The van der Waals surface area contributed by atoms with E-state index < -0.39 is 0 Å². The van der Waals surface area contributed by atoms with Gasteiger partial charge in [0.15, 0.2) is 0 Å². The van der Waals surface area contributed by atoms with Crippen molar-refractivity contribution in [3.8, 4) is 11.4 Å². The van der Waals surface area contributed by atoms with Crippen LogP contribution in [0.15, 0.2) is 60.8 Å². The zero-order valence-corrected chi connectivity index (χ0v) is 20.9. The highest BCUT2D eigenvalue weighted by Crippen LogP contribution is 2.39. The van der Waals surface area contributed by atoms with E-state index in [0.29, 0.717) is 18.7 Å². The van der Waals surface area contributed by atoms with Crippen LogP contribution in [0.5, 0.6) is 0 Å². The Morgan fingerprint density at radius 3 is 2.35 bits per heavy atom. The first-order valence-electron chi connectivity index (χ1n) is 12.7. The van der Waals surface area contributed by atoms with Gasteiger partial charge in [-0.3, -0.25) is 4.98 Å². The van der Waals surface area contributed by atoms with Crippen LogP contribution in [0.1, 0.15) is 5.56 Å². The van der Waals surface area contributed by atoms with Gasteiger partial charge in [-0.2, -0.15) is 0 Å². The molecule has 0 aliphatic carbocycles. The molecule has 0 radical (unpaired) electrons. The van der Waals surface area contributed by atoms with Crippen molar-refractivity contribution >= 4 is 33.7 Å². The fraction of sp³-hybridized carbons (Fsp3) is 0.310. The van der Waals surface area contributed by atoms with Gasteiger partial charge in [-0.05, 0) is 55.5 Å². The number of hydrogen-bond donors (Lipinski definition) is 1. The number of nitrogens with one attached hydrogen (secondary N) is 1. The van der Waals surface area contributed by atoms with E-state index in [1.165, 1.54) is 6.07 Å². The van der Waals surface area contributed by atoms with Gasteiger partial charge in [-0.25, -0.2) is 9.37 Å². The molecule has 0 spiro atoms. The molecule has 2 saturated heterocycles. The van der Waals surface area contributed by atoms with Crippen molar-refractivity contribution in [3.63, 3.8) is 0 Å². The number of nitrogens with zero attached hydrogens (tertiary/aromatic N) is 4. The molecule has 1 N–H and O–H groups in total. The molecule has 8 heteroatoms. The Labute approximate surface area is 215 Å². The molecule has 2 fully saturated rings. The molecule has 2 aliphatic heterocycles. The summed E-state index contributed by atoms with van der Waals surface area (Å²) in [6.45, 7) is 8.16. The minimum atomic E-state index is -0.294. The van der Waals surface area contributed by atoms with Crippen molar-refractivity contribution in [1.29, 1.82) is 0 Å². The number of pyridine rings is 2. The Balaban J connectivity index is 1.50. The van der Waals surface area contributed by atoms with Gasteiger partial charge in [0.05, 0.1) is 60.4 Å². The first kappa shape index (κ1) is 23.6. The molecule has 0 amide bonds. The predicted octanol–water partition coefficient (Wildman–Crippen LogP) is 5.16. The van der Waals surface area contributed by atoms with Crippen LogP contribution in [0, 0.1) is 12.7 Å². The monoisotopic (exact) mass is 499 g/mol. The molecule has 6 rings (SSSR count). The first-order chi connectivity index (χ1) is 18.2. The largest absolute Gasteiger partial charge is 0.378 e. The maximum absolute atomic E-state index is 14.5. The number of benzene rings is 2. The van der Waals surface area contributed by atoms with Crippen LogP contribution < -0.4 is 15.1 Å². The van der Waals surface area contributed by atoms with Crippen LogP contribution in [-0.2, 0) is 9.47 Å². The van der Waals surface area contributed by atoms with Gasteiger partial charge >= 0.3 is 0 Å². The molecule has 2 aromatic carbocycles. The Kier molecular flexibility index (Phi) is 6.59. The number of anilines is 4. The summed E-state index contributed by atoms with van der Waals surface area (Å²) in [6, 6.07) is 17.1. The van der Waals surface area contributed by atoms with Crippen molar-refractivity contribution in [1.82, 2.24) is 9.97 Å².